The molecule has 3 aromatic rings. The van der Waals surface area contributed by atoms with Crippen molar-refractivity contribution in [3.8, 4) is 17.2 Å². The zero-order valence-electron chi connectivity index (χ0n) is 19.9. The number of hydrogen-bond acceptors (Lipinski definition) is 8. The van der Waals surface area contributed by atoms with E-state index in [1.165, 1.54) is 6.08 Å². The Labute approximate surface area is 199 Å². The molecule has 0 radical (unpaired) electrons. The second kappa shape index (κ2) is 11.6. The topological polar surface area (TPSA) is 107 Å². The average Bonchev–Trinajstić information content (AvgIpc) is 2.83. The molecule has 1 heterocycles. The first-order valence-corrected chi connectivity index (χ1v) is 10.7. The number of carbonyl (C=O) groups excluding carboxylic acids is 1. The normalized spacial score (nSPS) is 10.6. The average molecular weight is 464 g/mol. The van der Waals surface area contributed by atoms with Gasteiger partial charge in [0.05, 0.1) is 21.3 Å². The summed E-state index contributed by atoms with van der Waals surface area (Å²) < 4.78 is 16.0. The number of ether oxygens (including phenoxy) is 3. The second-order valence-corrected chi connectivity index (χ2v) is 7.20. The van der Waals surface area contributed by atoms with E-state index in [2.05, 4.69) is 25.9 Å². The van der Waals surface area contributed by atoms with Gasteiger partial charge in [-0.15, -0.1) is 0 Å². The standard InChI is InChI=1S/C25H29N5O4/c1-6-26-22-15-23(28-16(2)27-22)29-18-8-10-19(11-9-18)30-24(31)12-7-17-13-20(32-3)25(34-5)21(14-17)33-4/h7-15H,6H2,1-5H3,(H,30,31)(H2,26,27,28,29)/b12-7+. The molecular weight excluding hydrogens is 434 g/mol. The molecule has 1 amide bonds. The summed E-state index contributed by atoms with van der Waals surface area (Å²) in [5.74, 6) is 3.38. The molecular formula is C25H29N5O4. The number of aromatic nitrogens is 2. The summed E-state index contributed by atoms with van der Waals surface area (Å²) in [4.78, 5) is 21.2. The molecule has 9 nitrogen and oxygen atoms in total. The summed E-state index contributed by atoms with van der Waals surface area (Å²) in [6.07, 6.45) is 3.12. The maximum absolute atomic E-state index is 12.4. The van der Waals surface area contributed by atoms with E-state index in [1.54, 1.807) is 39.5 Å². The minimum Gasteiger partial charge on any atom is -0.493 e. The first kappa shape index (κ1) is 24.4. The van der Waals surface area contributed by atoms with Gasteiger partial charge in [0.15, 0.2) is 11.5 Å². The van der Waals surface area contributed by atoms with Gasteiger partial charge < -0.3 is 30.2 Å². The Hall–Kier alpha value is -4.27. The van der Waals surface area contributed by atoms with Crippen LogP contribution in [0, 0.1) is 6.92 Å². The molecule has 9 heteroatoms. The Morgan fingerprint density at radius 2 is 1.53 bits per heavy atom. The van der Waals surface area contributed by atoms with E-state index in [0.29, 0.717) is 34.6 Å². The number of anilines is 4. The van der Waals surface area contributed by atoms with Crippen LogP contribution in [0.15, 0.2) is 48.5 Å². The largest absolute Gasteiger partial charge is 0.493 e. The van der Waals surface area contributed by atoms with E-state index < -0.39 is 0 Å². The zero-order valence-corrected chi connectivity index (χ0v) is 19.9. The van der Waals surface area contributed by atoms with E-state index in [0.717, 1.165) is 23.6 Å². The van der Waals surface area contributed by atoms with Gasteiger partial charge in [-0.05, 0) is 61.9 Å². The minimum atomic E-state index is -0.267. The highest BCUT2D eigenvalue weighted by molar-refractivity contribution is 6.02. The number of benzene rings is 2. The maximum Gasteiger partial charge on any atom is 0.248 e. The van der Waals surface area contributed by atoms with Crippen LogP contribution in [0.3, 0.4) is 0 Å². The minimum absolute atomic E-state index is 0.267. The molecule has 0 fully saturated rings. The number of rotatable bonds is 10. The fraction of sp³-hybridized carbons (Fsp3) is 0.240. The molecule has 0 unspecified atom stereocenters. The first-order valence-electron chi connectivity index (χ1n) is 10.7. The van der Waals surface area contributed by atoms with Gasteiger partial charge in [-0.1, -0.05) is 0 Å². The maximum atomic E-state index is 12.4. The number of nitrogens with zero attached hydrogens (tertiary/aromatic N) is 2. The molecule has 2 aromatic carbocycles. The van der Waals surface area contributed by atoms with Gasteiger partial charge in [0.2, 0.25) is 11.7 Å². The molecule has 178 valence electrons. The summed E-state index contributed by atoms with van der Waals surface area (Å²) >= 11 is 0. The summed E-state index contributed by atoms with van der Waals surface area (Å²) in [6, 6.07) is 12.7. The molecule has 0 saturated heterocycles. The van der Waals surface area contributed by atoms with Crippen LogP contribution in [0.25, 0.3) is 6.08 Å². The van der Waals surface area contributed by atoms with Gasteiger partial charge in [0.25, 0.3) is 0 Å². The van der Waals surface area contributed by atoms with Crippen LogP contribution >= 0.6 is 0 Å². The lowest BCUT2D eigenvalue weighted by atomic mass is 10.1. The van der Waals surface area contributed by atoms with Crippen LogP contribution < -0.4 is 30.2 Å². The Morgan fingerprint density at radius 3 is 2.12 bits per heavy atom. The molecule has 0 saturated carbocycles. The smallest absolute Gasteiger partial charge is 0.248 e. The van der Waals surface area contributed by atoms with Crippen molar-refractivity contribution in [2.75, 3.05) is 43.8 Å². The SMILES string of the molecule is CCNc1cc(Nc2ccc(NC(=O)/C=C/c3cc(OC)c(OC)c(OC)c3)cc2)nc(C)n1. The predicted octanol–water partition coefficient (Wildman–Crippen LogP) is 4.64. The first-order chi connectivity index (χ1) is 16.4. The van der Waals surface area contributed by atoms with Crippen molar-refractivity contribution in [3.05, 3.63) is 59.9 Å². The molecule has 0 aliphatic heterocycles. The van der Waals surface area contributed by atoms with E-state index in [9.17, 15) is 4.79 Å². The van der Waals surface area contributed by atoms with Crippen molar-refractivity contribution in [2.45, 2.75) is 13.8 Å². The third kappa shape index (κ3) is 6.38. The summed E-state index contributed by atoms with van der Waals surface area (Å²) in [6.45, 7) is 4.63. The van der Waals surface area contributed by atoms with Crippen LogP contribution in [0.2, 0.25) is 0 Å². The predicted molar refractivity (Wildman–Crippen MR) is 134 cm³/mol. The third-order valence-corrected chi connectivity index (χ3v) is 4.73. The fourth-order valence-corrected chi connectivity index (χ4v) is 3.24. The lowest BCUT2D eigenvalue weighted by Crippen LogP contribution is -2.07. The molecule has 0 atom stereocenters. The van der Waals surface area contributed by atoms with Gasteiger partial charge in [0.1, 0.15) is 17.5 Å². The highest BCUT2D eigenvalue weighted by Gasteiger charge is 2.12. The molecule has 3 rings (SSSR count). The molecule has 1 aromatic heterocycles. The monoisotopic (exact) mass is 463 g/mol. The Bertz CT molecular complexity index is 1140. The van der Waals surface area contributed by atoms with Gasteiger partial charge in [-0.25, -0.2) is 9.97 Å². The van der Waals surface area contributed by atoms with Gasteiger partial charge in [-0.3, -0.25) is 4.79 Å². The number of aryl methyl sites for hydroxylation is 1. The van der Waals surface area contributed by atoms with Crippen LogP contribution in [-0.2, 0) is 4.79 Å². The number of hydrogen-bond donors (Lipinski definition) is 3. The summed E-state index contributed by atoms with van der Waals surface area (Å²) in [5.41, 5.74) is 2.24. The third-order valence-electron chi connectivity index (χ3n) is 4.73. The van der Waals surface area contributed by atoms with Crippen molar-refractivity contribution in [2.24, 2.45) is 0 Å². The summed E-state index contributed by atoms with van der Waals surface area (Å²) in [7, 11) is 4.63. The number of nitrogens with one attached hydrogen (secondary N) is 3. The second-order valence-electron chi connectivity index (χ2n) is 7.20. The fourth-order valence-electron chi connectivity index (χ4n) is 3.24. The lowest BCUT2D eigenvalue weighted by Gasteiger charge is -2.12. The van der Waals surface area contributed by atoms with E-state index in [-0.39, 0.29) is 5.91 Å². The highest BCUT2D eigenvalue weighted by Crippen LogP contribution is 2.38. The van der Waals surface area contributed by atoms with Gasteiger partial charge in [-0.2, -0.15) is 0 Å². The van der Waals surface area contributed by atoms with Crippen molar-refractivity contribution < 1.29 is 19.0 Å². The highest BCUT2D eigenvalue weighted by atomic mass is 16.5. The van der Waals surface area contributed by atoms with Crippen molar-refractivity contribution in [1.82, 2.24) is 9.97 Å². The van der Waals surface area contributed by atoms with Crippen molar-refractivity contribution in [3.63, 3.8) is 0 Å². The molecule has 34 heavy (non-hydrogen) atoms. The molecule has 0 bridgehead atoms. The van der Waals surface area contributed by atoms with E-state index in [1.807, 2.05) is 44.2 Å². The Kier molecular flexibility index (Phi) is 8.28. The number of amides is 1. The molecule has 0 spiro atoms. The lowest BCUT2D eigenvalue weighted by molar-refractivity contribution is -0.111. The Balaban J connectivity index is 1.65. The van der Waals surface area contributed by atoms with Crippen LogP contribution in [0.1, 0.15) is 18.3 Å². The number of methoxy groups -OCH3 is 3. The van der Waals surface area contributed by atoms with E-state index >= 15 is 0 Å². The molecule has 0 aliphatic rings. The van der Waals surface area contributed by atoms with Crippen molar-refractivity contribution >= 4 is 35.0 Å². The van der Waals surface area contributed by atoms with Gasteiger partial charge >= 0.3 is 0 Å². The van der Waals surface area contributed by atoms with Gasteiger partial charge in [0, 0.05) is 30.1 Å². The summed E-state index contributed by atoms with van der Waals surface area (Å²) in [5, 5.41) is 9.27. The number of carbonyl (C=O) groups is 1. The zero-order chi connectivity index (χ0) is 24.5. The van der Waals surface area contributed by atoms with Crippen LogP contribution in [0.5, 0.6) is 17.2 Å². The molecule has 0 aliphatic carbocycles. The quantitative estimate of drug-likeness (QED) is 0.374. The molecule has 3 N–H and O–H groups in total. The van der Waals surface area contributed by atoms with Crippen molar-refractivity contribution in [1.29, 1.82) is 0 Å². The Morgan fingerprint density at radius 1 is 0.912 bits per heavy atom. The van der Waals surface area contributed by atoms with E-state index in [4.69, 9.17) is 14.2 Å². The van der Waals surface area contributed by atoms with Crippen LogP contribution in [-0.4, -0.2) is 43.7 Å². The van der Waals surface area contributed by atoms with Crippen LogP contribution in [0.4, 0.5) is 23.0 Å².